The van der Waals surface area contributed by atoms with Gasteiger partial charge in [-0.2, -0.15) is 0 Å². The predicted octanol–water partition coefficient (Wildman–Crippen LogP) is 4.58. The van der Waals surface area contributed by atoms with Gasteiger partial charge in [0.2, 0.25) is 0 Å². The van der Waals surface area contributed by atoms with E-state index in [0.29, 0.717) is 23.7 Å². The molecule has 4 nitrogen and oxygen atoms in total. The van der Waals surface area contributed by atoms with Crippen LogP contribution in [0.5, 0.6) is 0 Å². The van der Waals surface area contributed by atoms with Crippen molar-refractivity contribution in [1.82, 2.24) is 9.47 Å². The summed E-state index contributed by atoms with van der Waals surface area (Å²) in [5.41, 5.74) is 2.11. The summed E-state index contributed by atoms with van der Waals surface area (Å²) in [6.07, 6.45) is 1.59. The second kappa shape index (κ2) is 8.55. The molecule has 0 N–H and O–H groups in total. The Balaban J connectivity index is 1.82. The summed E-state index contributed by atoms with van der Waals surface area (Å²) in [6.45, 7) is 0.775. The van der Waals surface area contributed by atoms with Gasteiger partial charge >= 0.3 is 0 Å². The molecule has 138 valence electrons. The van der Waals surface area contributed by atoms with Crippen molar-refractivity contribution in [2.75, 3.05) is 7.05 Å². The molecule has 6 heteroatoms. The molecule has 0 aliphatic carbocycles. The van der Waals surface area contributed by atoms with Crippen molar-refractivity contribution in [3.63, 3.8) is 0 Å². The molecular weight excluding hydrogens is 428 g/mol. The molecule has 2 aromatic carbocycles. The fraction of sp³-hybridized carbons (Fsp3) is 0.143. The summed E-state index contributed by atoms with van der Waals surface area (Å²) in [6, 6.07) is 18.1. The normalized spacial score (nSPS) is 10.6. The molecule has 1 amide bonds. The number of benzene rings is 2. The molecule has 0 radical (unpaired) electrons. The Hall–Kier alpha value is -2.37. The maximum atomic E-state index is 12.8. The molecule has 0 unspecified atom stereocenters. The Morgan fingerprint density at radius 1 is 1.04 bits per heavy atom. The first-order valence-corrected chi connectivity index (χ1v) is 9.55. The van der Waals surface area contributed by atoms with Crippen molar-refractivity contribution in [2.24, 2.45) is 0 Å². The van der Waals surface area contributed by atoms with Gasteiger partial charge in [0.05, 0.1) is 12.1 Å². The standard InChI is InChI=1S/C21H18BrClN2O2/c1-24(12-15-6-2-4-8-18(15)22)21(27)17-10-11-20(26)25(14-17)13-16-7-3-5-9-19(16)23/h2-11,14H,12-13H2,1H3. The van der Waals surface area contributed by atoms with Crippen LogP contribution in [0.25, 0.3) is 0 Å². The Kier molecular flexibility index (Phi) is 6.14. The summed E-state index contributed by atoms with van der Waals surface area (Å²) < 4.78 is 2.45. The molecule has 0 saturated heterocycles. The van der Waals surface area contributed by atoms with Crippen LogP contribution in [0.1, 0.15) is 21.5 Å². The monoisotopic (exact) mass is 444 g/mol. The molecule has 0 aliphatic rings. The van der Waals surface area contributed by atoms with Crippen LogP contribution in [0.3, 0.4) is 0 Å². The minimum Gasteiger partial charge on any atom is -0.337 e. The number of halogens is 2. The molecule has 0 atom stereocenters. The highest BCUT2D eigenvalue weighted by atomic mass is 79.9. The second-order valence-corrected chi connectivity index (χ2v) is 7.49. The quantitative estimate of drug-likeness (QED) is 0.577. The van der Waals surface area contributed by atoms with Crippen LogP contribution < -0.4 is 5.56 Å². The van der Waals surface area contributed by atoms with E-state index < -0.39 is 0 Å². The highest BCUT2D eigenvalue weighted by Crippen LogP contribution is 2.19. The Labute approximate surface area is 171 Å². The van der Waals surface area contributed by atoms with Crippen LogP contribution in [0.15, 0.2) is 76.1 Å². The largest absolute Gasteiger partial charge is 0.337 e. The van der Waals surface area contributed by atoms with E-state index >= 15 is 0 Å². The van der Waals surface area contributed by atoms with E-state index in [1.54, 1.807) is 30.3 Å². The van der Waals surface area contributed by atoms with Gasteiger partial charge in [-0.1, -0.05) is 63.9 Å². The minimum atomic E-state index is -0.181. The molecular formula is C21H18BrClN2O2. The number of hydrogen-bond donors (Lipinski definition) is 0. The lowest BCUT2D eigenvalue weighted by molar-refractivity contribution is 0.0784. The maximum absolute atomic E-state index is 12.8. The summed E-state index contributed by atoms with van der Waals surface area (Å²) >= 11 is 9.69. The Morgan fingerprint density at radius 3 is 2.41 bits per heavy atom. The van der Waals surface area contributed by atoms with Crippen LogP contribution in [-0.2, 0) is 13.1 Å². The summed E-state index contributed by atoms with van der Waals surface area (Å²) in [7, 11) is 1.74. The predicted molar refractivity (Wildman–Crippen MR) is 111 cm³/mol. The number of rotatable bonds is 5. The topological polar surface area (TPSA) is 42.3 Å². The smallest absolute Gasteiger partial charge is 0.255 e. The fourth-order valence-corrected chi connectivity index (χ4v) is 3.37. The number of hydrogen-bond acceptors (Lipinski definition) is 2. The lowest BCUT2D eigenvalue weighted by Gasteiger charge is -2.19. The van der Waals surface area contributed by atoms with Crippen molar-refractivity contribution >= 4 is 33.4 Å². The van der Waals surface area contributed by atoms with Crippen LogP contribution in [0.2, 0.25) is 5.02 Å². The third-order valence-corrected chi connectivity index (χ3v) is 5.38. The lowest BCUT2D eigenvalue weighted by Crippen LogP contribution is -2.28. The van der Waals surface area contributed by atoms with E-state index in [1.807, 2.05) is 42.5 Å². The molecule has 3 aromatic rings. The third-order valence-electron chi connectivity index (χ3n) is 4.24. The van der Waals surface area contributed by atoms with Crippen LogP contribution in [-0.4, -0.2) is 22.4 Å². The number of aromatic nitrogens is 1. The van der Waals surface area contributed by atoms with Crippen molar-refractivity contribution in [3.8, 4) is 0 Å². The SMILES string of the molecule is CN(Cc1ccccc1Br)C(=O)c1ccc(=O)n(Cc2ccccc2Cl)c1. The van der Waals surface area contributed by atoms with Crippen molar-refractivity contribution < 1.29 is 4.79 Å². The zero-order chi connectivity index (χ0) is 19.4. The van der Waals surface area contributed by atoms with Gasteiger partial charge in [-0.3, -0.25) is 9.59 Å². The van der Waals surface area contributed by atoms with Gasteiger partial charge in [-0.25, -0.2) is 0 Å². The average molecular weight is 446 g/mol. The highest BCUT2D eigenvalue weighted by Gasteiger charge is 2.15. The van der Waals surface area contributed by atoms with Gasteiger partial charge in [0.15, 0.2) is 0 Å². The van der Waals surface area contributed by atoms with Crippen molar-refractivity contribution in [1.29, 1.82) is 0 Å². The van der Waals surface area contributed by atoms with Gasteiger partial charge in [0.1, 0.15) is 0 Å². The third kappa shape index (κ3) is 4.67. The highest BCUT2D eigenvalue weighted by molar-refractivity contribution is 9.10. The van der Waals surface area contributed by atoms with E-state index in [2.05, 4.69) is 15.9 Å². The Morgan fingerprint density at radius 2 is 1.70 bits per heavy atom. The molecule has 0 fully saturated rings. The number of carbonyl (C=O) groups excluding carboxylic acids is 1. The van der Waals surface area contributed by atoms with Gasteiger partial charge in [0, 0.05) is 35.4 Å². The first kappa shape index (κ1) is 19.4. The van der Waals surface area contributed by atoms with Gasteiger partial charge in [-0.15, -0.1) is 0 Å². The molecule has 0 aliphatic heterocycles. The lowest BCUT2D eigenvalue weighted by atomic mass is 10.2. The Bertz CT molecular complexity index is 1030. The molecule has 0 bridgehead atoms. The van der Waals surface area contributed by atoms with Crippen molar-refractivity contribution in [3.05, 3.63) is 103 Å². The fourth-order valence-electron chi connectivity index (χ4n) is 2.77. The average Bonchev–Trinajstić information content (AvgIpc) is 2.66. The van der Waals surface area contributed by atoms with E-state index in [4.69, 9.17) is 11.6 Å². The van der Waals surface area contributed by atoms with E-state index in [0.717, 1.165) is 15.6 Å². The van der Waals surface area contributed by atoms with E-state index in [1.165, 1.54) is 10.6 Å². The van der Waals surface area contributed by atoms with E-state index in [-0.39, 0.29) is 11.5 Å². The summed E-state index contributed by atoms with van der Waals surface area (Å²) in [5, 5.41) is 0.590. The first-order valence-electron chi connectivity index (χ1n) is 8.38. The first-order chi connectivity index (χ1) is 13.0. The van der Waals surface area contributed by atoms with Crippen LogP contribution in [0.4, 0.5) is 0 Å². The molecule has 27 heavy (non-hydrogen) atoms. The van der Waals surface area contributed by atoms with Crippen LogP contribution in [0, 0.1) is 0 Å². The second-order valence-electron chi connectivity index (χ2n) is 6.23. The summed E-state index contributed by atoms with van der Waals surface area (Å²) in [5.74, 6) is -0.154. The maximum Gasteiger partial charge on any atom is 0.255 e. The zero-order valence-electron chi connectivity index (χ0n) is 14.7. The molecule has 0 saturated carbocycles. The number of nitrogens with zero attached hydrogens (tertiary/aromatic N) is 2. The number of pyridine rings is 1. The molecule has 3 rings (SSSR count). The summed E-state index contributed by atoms with van der Waals surface area (Å²) in [4.78, 5) is 26.6. The molecule has 0 spiro atoms. The molecule has 1 aromatic heterocycles. The van der Waals surface area contributed by atoms with E-state index in [9.17, 15) is 9.59 Å². The van der Waals surface area contributed by atoms with Gasteiger partial charge in [0.25, 0.3) is 11.5 Å². The molecule has 1 heterocycles. The van der Waals surface area contributed by atoms with Gasteiger partial charge in [-0.05, 0) is 29.3 Å². The van der Waals surface area contributed by atoms with Crippen molar-refractivity contribution in [2.45, 2.75) is 13.1 Å². The minimum absolute atomic E-state index is 0.154. The zero-order valence-corrected chi connectivity index (χ0v) is 17.1. The van der Waals surface area contributed by atoms with Gasteiger partial charge < -0.3 is 9.47 Å². The number of amides is 1. The van der Waals surface area contributed by atoms with Crippen LogP contribution >= 0.6 is 27.5 Å². The number of carbonyl (C=O) groups is 1.